The van der Waals surface area contributed by atoms with Crippen LogP contribution in [0.4, 0.5) is 0 Å². The lowest BCUT2D eigenvalue weighted by Crippen LogP contribution is -2.36. The summed E-state index contributed by atoms with van der Waals surface area (Å²) in [6, 6.07) is 9.77. The monoisotopic (exact) mass is 511 g/mol. The Hall–Kier alpha value is -3.10. The van der Waals surface area contributed by atoms with Gasteiger partial charge in [-0.1, -0.05) is 12.1 Å². The maximum absolute atomic E-state index is 13.7. The maximum Gasteiger partial charge on any atom is 0.336 e. The second-order valence-corrected chi connectivity index (χ2v) is 9.69. The molecule has 0 fully saturated rings. The molecule has 1 aromatic carbocycles. The number of nitrogens with one attached hydrogen (secondary N) is 1. The van der Waals surface area contributed by atoms with Crippen LogP contribution in [0.3, 0.4) is 0 Å². The van der Waals surface area contributed by atoms with E-state index in [2.05, 4.69) is 5.32 Å². The minimum atomic E-state index is -0.441. The van der Waals surface area contributed by atoms with Gasteiger partial charge in [-0.25, -0.2) is 4.79 Å². The molecule has 192 valence electrons. The summed E-state index contributed by atoms with van der Waals surface area (Å²) < 4.78 is 22.0. The van der Waals surface area contributed by atoms with Gasteiger partial charge in [0.1, 0.15) is 6.61 Å². The normalized spacial score (nSPS) is 19.6. The van der Waals surface area contributed by atoms with E-state index in [4.69, 9.17) is 18.9 Å². The van der Waals surface area contributed by atoms with Gasteiger partial charge in [0.15, 0.2) is 17.3 Å². The fourth-order valence-electron chi connectivity index (χ4n) is 4.91. The Kier molecular flexibility index (Phi) is 8.48. The number of ether oxygens (including phenoxy) is 4. The van der Waals surface area contributed by atoms with Gasteiger partial charge in [-0.15, -0.1) is 11.3 Å². The predicted molar refractivity (Wildman–Crippen MR) is 139 cm³/mol. The standard InChI is InChI=1S/C28H33NO6S/c1-5-33-11-12-35-28(31)25-17(3)29-20-14-19(18-9-10-22(34-6-2)23(16-18)32-4)15-21(30)26(20)27(25)24-8-7-13-36-24/h7-10,13,16,19,27,29H,5-6,11-12,14-15H2,1-4H3/t19-,27+/m1/s1. The highest BCUT2D eigenvalue weighted by Crippen LogP contribution is 2.47. The molecule has 0 spiro atoms. The molecule has 0 radical (unpaired) electrons. The molecule has 0 unspecified atom stereocenters. The molecule has 36 heavy (non-hydrogen) atoms. The van der Waals surface area contributed by atoms with Crippen molar-refractivity contribution in [1.29, 1.82) is 0 Å². The molecule has 8 heteroatoms. The van der Waals surface area contributed by atoms with Gasteiger partial charge in [0.05, 0.1) is 31.8 Å². The van der Waals surface area contributed by atoms with Crippen molar-refractivity contribution in [2.45, 2.75) is 45.4 Å². The molecule has 2 aliphatic rings. The molecule has 1 aliphatic heterocycles. The molecule has 0 saturated carbocycles. The molecule has 0 bridgehead atoms. The summed E-state index contributed by atoms with van der Waals surface area (Å²) in [5, 5.41) is 5.35. The number of carbonyl (C=O) groups is 2. The van der Waals surface area contributed by atoms with E-state index in [0.29, 0.717) is 61.0 Å². The van der Waals surface area contributed by atoms with Crippen LogP contribution in [-0.2, 0) is 19.1 Å². The summed E-state index contributed by atoms with van der Waals surface area (Å²) in [7, 11) is 1.62. The summed E-state index contributed by atoms with van der Waals surface area (Å²) in [5.74, 6) is 0.505. The van der Waals surface area contributed by atoms with Crippen molar-refractivity contribution in [2.24, 2.45) is 0 Å². The number of allylic oxidation sites excluding steroid dienone is 3. The lowest BCUT2D eigenvalue weighted by molar-refractivity contribution is -0.140. The number of esters is 1. The summed E-state index contributed by atoms with van der Waals surface area (Å²) >= 11 is 1.54. The van der Waals surface area contributed by atoms with Gasteiger partial charge in [-0.05, 0) is 62.3 Å². The average Bonchev–Trinajstić information content (AvgIpc) is 3.40. The molecule has 2 aromatic rings. The van der Waals surface area contributed by atoms with Gasteiger partial charge in [-0.2, -0.15) is 0 Å². The third-order valence-electron chi connectivity index (χ3n) is 6.50. The van der Waals surface area contributed by atoms with Gasteiger partial charge in [0, 0.05) is 34.9 Å². The SMILES string of the molecule is CCOCCOC(=O)C1=C(C)NC2=C(C(=O)C[C@H](c3ccc(OCC)c(OC)c3)C2)[C@H]1c1cccs1. The van der Waals surface area contributed by atoms with Gasteiger partial charge >= 0.3 is 5.97 Å². The fourth-order valence-corrected chi connectivity index (χ4v) is 5.76. The first-order valence-corrected chi connectivity index (χ1v) is 13.2. The van der Waals surface area contributed by atoms with Gasteiger partial charge in [0.2, 0.25) is 0 Å². The van der Waals surface area contributed by atoms with Crippen molar-refractivity contribution < 1.29 is 28.5 Å². The van der Waals surface area contributed by atoms with Gasteiger partial charge < -0.3 is 24.3 Å². The molecule has 0 saturated heterocycles. The Morgan fingerprint density at radius 2 is 1.94 bits per heavy atom. The second-order valence-electron chi connectivity index (χ2n) is 8.71. The van der Waals surface area contributed by atoms with Gasteiger partial charge in [0.25, 0.3) is 0 Å². The summed E-state index contributed by atoms with van der Waals surface area (Å²) in [4.78, 5) is 27.8. The number of hydrogen-bond donors (Lipinski definition) is 1. The number of benzene rings is 1. The van der Waals surface area contributed by atoms with Crippen LogP contribution in [0.15, 0.2) is 58.3 Å². The second kappa shape index (κ2) is 11.8. The highest BCUT2D eigenvalue weighted by atomic mass is 32.1. The predicted octanol–water partition coefficient (Wildman–Crippen LogP) is 5.10. The Morgan fingerprint density at radius 1 is 1.11 bits per heavy atom. The van der Waals surface area contributed by atoms with E-state index in [1.165, 1.54) is 11.3 Å². The highest BCUT2D eigenvalue weighted by Gasteiger charge is 2.42. The van der Waals surface area contributed by atoms with E-state index in [9.17, 15) is 9.59 Å². The van der Waals surface area contributed by atoms with E-state index < -0.39 is 11.9 Å². The minimum absolute atomic E-state index is 0.00944. The number of carbonyl (C=O) groups excluding carboxylic acids is 2. The number of methoxy groups -OCH3 is 1. The lowest BCUT2D eigenvalue weighted by atomic mass is 9.73. The van der Waals surface area contributed by atoms with Crippen molar-refractivity contribution >= 4 is 23.1 Å². The number of dihydropyridines is 1. The zero-order valence-corrected chi connectivity index (χ0v) is 22.0. The van der Waals surface area contributed by atoms with E-state index in [0.717, 1.165) is 16.1 Å². The Morgan fingerprint density at radius 3 is 2.64 bits per heavy atom. The molecular weight excluding hydrogens is 478 g/mol. The van der Waals surface area contributed by atoms with Gasteiger partial charge in [-0.3, -0.25) is 4.79 Å². The first-order chi connectivity index (χ1) is 17.5. The van der Waals surface area contributed by atoms with Crippen LogP contribution in [0.25, 0.3) is 0 Å². The Bertz CT molecular complexity index is 1170. The van der Waals surface area contributed by atoms with Crippen LogP contribution in [-0.4, -0.2) is 45.3 Å². The molecular formula is C28H33NO6S. The average molecular weight is 512 g/mol. The van der Waals surface area contributed by atoms with Crippen LogP contribution in [0, 0.1) is 0 Å². The van der Waals surface area contributed by atoms with E-state index in [-0.39, 0.29) is 18.3 Å². The zero-order valence-electron chi connectivity index (χ0n) is 21.2. The van der Waals surface area contributed by atoms with Crippen molar-refractivity contribution in [3.63, 3.8) is 0 Å². The van der Waals surface area contributed by atoms with Crippen molar-refractivity contribution in [1.82, 2.24) is 5.32 Å². The quantitative estimate of drug-likeness (QED) is 0.351. The number of hydrogen-bond acceptors (Lipinski definition) is 8. The third kappa shape index (κ3) is 5.34. The fraction of sp³-hybridized carbons (Fsp3) is 0.429. The van der Waals surface area contributed by atoms with E-state index in [1.54, 1.807) is 7.11 Å². The molecule has 1 N–H and O–H groups in total. The Balaban J connectivity index is 1.65. The smallest absolute Gasteiger partial charge is 0.336 e. The molecule has 2 atom stereocenters. The molecule has 4 rings (SSSR count). The number of rotatable bonds is 10. The largest absolute Gasteiger partial charge is 0.493 e. The highest BCUT2D eigenvalue weighted by molar-refractivity contribution is 7.10. The summed E-state index contributed by atoms with van der Waals surface area (Å²) in [5.41, 5.74) is 3.75. The molecule has 7 nitrogen and oxygen atoms in total. The first-order valence-electron chi connectivity index (χ1n) is 12.3. The topological polar surface area (TPSA) is 83.1 Å². The summed E-state index contributed by atoms with van der Waals surface area (Å²) in [6.45, 7) is 7.31. The van der Waals surface area contributed by atoms with E-state index >= 15 is 0 Å². The zero-order chi connectivity index (χ0) is 25.7. The third-order valence-corrected chi connectivity index (χ3v) is 7.44. The van der Waals surface area contributed by atoms with E-state index in [1.807, 2.05) is 56.5 Å². The van der Waals surface area contributed by atoms with Crippen LogP contribution in [0.5, 0.6) is 11.5 Å². The molecule has 1 aromatic heterocycles. The maximum atomic E-state index is 13.7. The van der Waals surface area contributed by atoms with Crippen molar-refractivity contribution in [3.05, 3.63) is 68.7 Å². The van der Waals surface area contributed by atoms with Crippen LogP contribution in [0.1, 0.15) is 55.9 Å². The number of thiophene rings is 1. The lowest BCUT2D eigenvalue weighted by Gasteiger charge is -2.36. The minimum Gasteiger partial charge on any atom is -0.493 e. The number of ketones is 1. The van der Waals surface area contributed by atoms with Crippen molar-refractivity contribution in [2.75, 3.05) is 33.5 Å². The molecule has 0 amide bonds. The van der Waals surface area contributed by atoms with Crippen LogP contribution < -0.4 is 14.8 Å². The first kappa shape index (κ1) is 26.0. The number of Topliss-reactive ketones (excluding diaryl/α,β-unsaturated/α-hetero) is 1. The molecule has 1 aliphatic carbocycles. The Labute approximate surface area is 216 Å². The van der Waals surface area contributed by atoms with Crippen LogP contribution >= 0.6 is 11.3 Å². The van der Waals surface area contributed by atoms with Crippen molar-refractivity contribution in [3.8, 4) is 11.5 Å². The molecule has 2 heterocycles. The summed E-state index contributed by atoms with van der Waals surface area (Å²) in [6.07, 6.45) is 1.01. The van der Waals surface area contributed by atoms with Crippen LogP contribution in [0.2, 0.25) is 0 Å².